The van der Waals surface area contributed by atoms with E-state index in [4.69, 9.17) is 9.39 Å². The highest BCUT2D eigenvalue weighted by Gasteiger charge is 2.39. The van der Waals surface area contributed by atoms with E-state index in [1.165, 1.54) is 6.20 Å². The van der Waals surface area contributed by atoms with Crippen LogP contribution in [0, 0.1) is 6.92 Å². The summed E-state index contributed by atoms with van der Waals surface area (Å²) in [5, 5.41) is 20.1. The SMILES string of the molecule is COc1ncc(B(O)OC(C)(C)C(C)(C)O)cc1C. The molecule has 0 amide bonds. The van der Waals surface area contributed by atoms with Crippen molar-refractivity contribution in [3.63, 3.8) is 0 Å². The number of nitrogens with zero attached hydrogens (tertiary/aromatic N) is 1. The molecule has 0 aromatic carbocycles. The van der Waals surface area contributed by atoms with Crippen molar-refractivity contribution in [2.75, 3.05) is 7.11 Å². The van der Waals surface area contributed by atoms with Crippen LogP contribution >= 0.6 is 0 Å². The van der Waals surface area contributed by atoms with Crippen molar-refractivity contribution in [3.8, 4) is 5.88 Å². The lowest BCUT2D eigenvalue weighted by molar-refractivity contribution is -0.0982. The smallest absolute Gasteiger partial charge is 0.481 e. The van der Waals surface area contributed by atoms with Crippen LogP contribution in [0.5, 0.6) is 5.88 Å². The summed E-state index contributed by atoms with van der Waals surface area (Å²) in [6, 6.07) is 1.75. The molecule has 1 aromatic rings. The van der Waals surface area contributed by atoms with E-state index in [9.17, 15) is 10.1 Å². The van der Waals surface area contributed by atoms with Crippen LogP contribution in [-0.4, -0.2) is 40.5 Å². The van der Waals surface area contributed by atoms with Gasteiger partial charge in [0.25, 0.3) is 0 Å². The van der Waals surface area contributed by atoms with Crippen molar-refractivity contribution < 1.29 is 19.5 Å². The molecule has 5 nitrogen and oxygen atoms in total. The van der Waals surface area contributed by atoms with E-state index in [-0.39, 0.29) is 0 Å². The summed E-state index contributed by atoms with van der Waals surface area (Å²) in [4.78, 5) is 4.09. The van der Waals surface area contributed by atoms with Gasteiger partial charge in [-0.2, -0.15) is 0 Å². The number of aryl methyl sites for hydroxylation is 1. The monoisotopic (exact) mass is 267 g/mol. The number of aromatic nitrogens is 1. The topological polar surface area (TPSA) is 71.8 Å². The number of hydrogen-bond acceptors (Lipinski definition) is 5. The lowest BCUT2D eigenvalue weighted by Gasteiger charge is -2.38. The summed E-state index contributed by atoms with van der Waals surface area (Å²) < 4.78 is 10.6. The second-order valence-corrected chi connectivity index (χ2v) is 5.63. The van der Waals surface area contributed by atoms with Crippen molar-refractivity contribution in [1.29, 1.82) is 0 Å². The molecule has 0 bridgehead atoms. The van der Waals surface area contributed by atoms with E-state index in [2.05, 4.69) is 4.98 Å². The van der Waals surface area contributed by atoms with Crippen molar-refractivity contribution >= 4 is 12.6 Å². The molecule has 0 aliphatic rings. The number of ether oxygens (including phenoxy) is 1. The maximum absolute atomic E-state index is 10.1. The van der Waals surface area contributed by atoms with Crippen LogP contribution in [0.3, 0.4) is 0 Å². The van der Waals surface area contributed by atoms with Crippen molar-refractivity contribution in [3.05, 3.63) is 17.8 Å². The number of methoxy groups -OCH3 is 1. The first-order valence-electron chi connectivity index (χ1n) is 6.17. The first-order valence-corrected chi connectivity index (χ1v) is 6.17. The highest BCUT2D eigenvalue weighted by molar-refractivity contribution is 6.60. The average Bonchev–Trinajstić information content (AvgIpc) is 2.26. The normalized spacial score (nSPS) is 12.4. The van der Waals surface area contributed by atoms with Gasteiger partial charge in [-0.3, -0.25) is 0 Å². The third-order valence-electron chi connectivity index (χ3n) is 3.41. The maximum Gasteiger partial charge on any atom is 0.493 e. The maximum atomic E-state index is 10.1. The van der Waals surface area contributed by atoms with Crippen LogP contribution in [-0.2, 0) is 4.65 Å². The Morgan fingerprint density at radius 2 is 1.84 bits per heavy atom. The van der Waals surface area contributed by atoms with Crippen LogP contribution < -0.4 is 10.2 Å². The molecule has 19 heavy (non-hydrogen) atoms. The molecule has 0 aliphatic carbocycles. The Morgan fingerprint density at radius 1 is 1.26 bits per heavy atom. The Hall–Kier alpha value is -1.11. The van der Waals surface area contributed by atoms with Gasteiger partial charge in [0.05, 0.1) is 18.3 Å². The third-order valence-corrected chi connectivity index (χ3v) is 3.41. The number of hydrogen-bond donors (Lipinski definition) is 2. The Bertz CT molecular complexity index is 443. The Balaban J connectivity index is 2.90. The minimum absolute atomic E-state index is 0.512. The van der Waals surface area contributed by atoms with Gasteiger partial charge in [0.15, 0.2) is 0 Å². The Kier molecular flexibility index (Phi) is 4.61. The van der Waals surface area contributed by atoms with E-state index in [0.717, 1.165) is 5.56 Å². The van der Waals surface area contributed by atoms with Gasteiger partial charge in [0.2, 0.25) is 5.88 Å². The quantitative estimate of drug-likeness (QED) is 0.766. The molecule has 6 heteroatoms. The Labute approximate surface area is 114 Å². The molecule has 0 fully saturated rings. The first kappa shape index (κ1) is 16.0. The van der Waals surface area contributed by atoms with Crippen LogP contribution in [0.1, 0.15) is 33.3 Å². The van der Waals surface area contributed by atoms with E-state index in [1.54, 1.807) is 40.9 Å². The summed E-state index contributed by atoms with van der Waals surface area (Å²) in [5.74, 6) is 0.512. The highest BCUT2D eigenvalue weighted by Crippen LogP contribution is 2.25. The molecule has 1 rings (SSSR count). The first-order chi connectivity index (χ1) is 8.58. The standard InChI is InChI=1S/C13H22BNO4/c1-9-7-10(8-15-11(9)18-6)14(17)19-13(4,5)12(2,3)16/h7-8,16-17H,1-6H3. The number of rotatable bonds is 5. The summed E-state index contributed by atoms with van der Waals surface area (Å²) in [7, 11) is 0.387. The van der Waals surface area contributed by atoms with E-state index < -0.39 is 18.3 Å². The summed E-state index contributed by atoms with van der Waals surface area (Å²) >= 11 is 0. The molecule has 106 valence electrons. The van der Waals surface area contributed by atoms with E-state index >= 15 is 0 Å². The fourth-order valence-electron chi connectivity index (χ4n) is 1.42. The fourth-order valence-corrected chi connectivity index (χ4v) is 1.42. The predicted molar refractivity (Wildman–Crippen MR) is 74.6 cm³/mol. The predicted octanol–water partition coefficient (Wildman–Crippen LogP) is 0.652. The fraction of sp³-hybridized carbons (Fsp3) is 0.615. The molecule has 1 heterocycles. The van der Waals surface area contributed by atoms with Gasteiger partial charge in [-0.25, -0.2) is 4.98 Å². The van der Waals surface area contributed by atoms with E-state index in [0.29, 0.717) is 11.3 Å². The molecule has 0 radical (unpaired) electrons. The van der Waals surface area contributed by atoms with Crippen LogP contribution in [0.15, 0.2) is 12.3 Å². The van der Waals surface area contributed by atoms with E-state index in [1.807, 2.05) is 6.92 Å². The van der Waals surface area contributed by atoms with Crippen LogP contribution in [0.2, 0.25) is 0 Å². The zero-order chi connectivity index (χ0) is 14.8. The molecular formula is C13H22BNO4. The largest absolute Gasteiger partial charge is 0.493 e. The lowest BCUT2D eigenvalue weighted by atomic mass is 9.77. The summed E-state index contributed by atoms with van der Waals surface area (Å²) in [6.45, 7) is 8.55. The lowest BCUT2D eigenvalue weighted by Crippen LogP contribution is -2.53. The zero-order valence-corrected chi connectivity index (χ0v) is 12.4. The summed E-state index contributed by atoms with van der Waals surface area (Å²) in [5.41, 5.74) is -0.650. The van der Waals surface area contributed by atoms with Gasteiger partial charge < -0.3 is 19.5 Å². The molecule has 0 unspecified atom stereocenters. The molecule has 2 N–H and O–H groups in total. The average molecular weight is 267 g/mol. The van der Waals surface area contributed by atoms with Crippen LogP contribution in [0.4, 0.5) is 0 Å². The Morgan fingerprint density at radius 3 is 2.26 bits per heavy atom. The van der Waals surface area contributed by atoms with Crippen molar-refractivity contribution in [1.82, 2.24) is 4.98 Å². The molecule has 0 saturated carbocycles. The van der Waals surface area contributed by atoms with Gasteiger partial charge in [-0.05, 0) is 34.6 Å². The molecule has 1 aromatic heterocycles. The molecule has 0 aliphatic heterocycles. The number of aliphatic hydroxyl groups is 1. The minimum atomic E-state index is -1.15. The van der Waals surface area contributed by atoms with Crippen molar-refractivity contribution in [2.45, 2.75) is 45.8 Å². The van der Waals surface area contributed by atoms with Crippen LogP contribution in [0.25, 0.3) is 0 Å². The number of pyridine rings is 1. The highest BCUT2D eigenvalue weighted by atomic mass is 16.5. The molecular weight excluding hydrogens is 245 g/mol. The van der Waals surface area contributed by atoms with Crippen molar-refractivity contribution in [2.24, 2.45) is 0 Å². The van der Waals surface area contributed by atoms with Gasteiger partial charge in [-0.15, -0.1) is 0 Å². The minimum Gasteiger partial charge on any atom is -0.481 e. The third kappa shape index (κ3) is 3.68. The second kappa shape index (κ2) is 5.49. The van der Waals surface area contributed by atoms with Gasteiger partial charge >= 0.3 is 7.12 Å². The zero-order valence-electron chi connectivity index (χ0n) is 12.4. The molecule has 0 atom stereocenters. The van der Waals surface area contributed by atoms with Gasteiger partial charge in [0, 0.05) is 17.2 Å². The van der Waals surface area contributed by atoms with Gasteiger partial charge in [0.1, 0.15) is 0 Å². The molecule has 0 saturated heterocycles. The van der Waals surface area contributed by atoms with Gasteiger partial charge in [-0.1, -0.05) is 6.07 Å². The second-order valence-electron chi connectivity index (χ2n) is 5.63. The molecule has 0 spiro atoms. The summed E-state index contributed by atoms with van der Waals surface area (Å²) in [6.07, 6.45) is 1.50.